The van der Waals surface area contributed by atoms with Crippen LogP contribution in [0.1, 0.15) is 36.8 Å². The van der Waals surface area contributed by atoms with Gasteiger partial charge in [-0.3, -0.25) is 0 Å². The second-order valence-electron chi connectivity index (χ2n) is 5.46. The molecule has 2 aliphatic rings. The Morgan fingerprint density at radius 3 is 2.07 bits per heavy atom. The van der Waals surface area contributed by atoms with Crippen LogP contribution < -0.4 is 5.73 Å². The van der Waals surface area contributed by atoms with E-state index in [1.165, 1.54) is 38.5 Å². The fourth-order valence-corrected chi connectivity index (χ4v) is 3.38. The molecule has 0 saturated heterocycles. The number of hydrogen-bond acceptors (Lipinski definition) is 1. The van der Waals surface area contributed by atoms with Crippen LogP contribution >= 0.6 is 0 Å². The van der Waals surface area contributed by atoms with Crippen molar-refractivity contribution in [3.05, 3.63) is 35.4 Å². The van der Waals surface area contributed by atoms with Gasteiger partial charge < -0.3 is 5.73 Å². The van der Waals surface area contributed by atoms with Gasteiger partial charge in [-0.05, 0) is 55.1 Å². The quantitative estimate of drug-likeness (QED) is 0.686. The largest absolute Gasteiger partial charge is 0.328 e. The molecule has 1 aromatic rings. The van der Waals surface area contributed by atoms with Gasteiger partial charge in [-0.15, -0.1) is 0 Å². The predicted octanol–water partition coefficient (Wildman–Crippen LogP) is 2.67. The summed E-state index contributed by atoms with van der Waals surface area (Å²) in [5.41, 5.74) is 9.76. The van der Waals surface area contributed by atoms with Crippen molar-refractivity contribution < 1.29 is 0 Å². The number of rotatable bonds is 0. The van der Waals surface area contributed by atoms with Gasteiger partial charge >= 0.3 is 0 Å². The molecule has 0 heterocycles. The molecular weight excluding hydrogens is 182 g/mol. The summed E-state index contributed by atoms with van der Waals surface area (Å²) in [6, 6.07) is 9.43. The Bertz CT molecular complexity index is 334. The minimum Gasteiger partial charge on any atom is -0.328 e. The Labute approximate surface area is 91.7 Å². The van der Waals surface area contributed by atoms with E-state index in [0.29, 0.717) is 11.5 Å². The van der Waals surface area contributed by atoms with Crippen molar-refractivity contribution in [1.82, 2.24) is 0 Å². The van der Waals surface area contributed by atoms with Gasteiger partial charge in [0.2, 0.25) is 0 Å². The van der Waals surface area contributed by atoms with Gasteiger partial charge in [0.1, 0.15) is 0 Å². The summed E-state index contributed by atoms with van der Waals surface area (Å²) in [6.07, 6.45) is 7.74. The summed E-state index contributed by atoms with van der Waals surface area (Å²) in [7, 11) is 0. The van der Waals surface area contributed by atoms with Gasteiger partial charge in [-0.2, -0.15) is 0 Å². The molecular formula is C14H19N. The summed E-state index contributed by atoms with van der Waals surface area (Å²) in [5.74, 6) is 0. The zero-order chi connectivity index (χ0) is 10.3. The van der Waals surface area contributed by atoms with Crippen LogP contribution in [0.3, 0.4) is 0 Å². The normalized spacial score (nSPS) is 24.3. The molecule has 0 unspecified atom stereocenters. The molecule has 0 bridgehead atoms. The van der Waals surface area contributed by atoms with Crippen LogP contribution in [0.5, 0.6) is 0 Å². The van der Waals surface area contributed by atoms with Crippen molar-refractivity contribution in [2.45, 2.75) is 44.6 Å². The first kappa shape index (κ1) is 9.41. The van der Waals surface area contributed by atoms with Gasteiger partial charge in [0.05, 0.1) is 0 Å². The van der Waals surface area contributed by atoms with Crippen LogP contribution in [0.4, 0.5) is 0 Å². The van der Waals surface area contributed by atoms with E-state index < -0.39 is 0 Å². The minimum atomic E-state index is 0.472. The fraction of sp³-hybridized carbons (Fsp3) is 0.571. The number of hydrogen-bond donors (Lipinski definition) is 1. The molecule has 2 aliphatic carbocycles. The Morgan fingerprint density at radius 2 is 1.53 bits per heavy atom. The van der Waals surface area contributed by atoms with Gasteiger partial charge in [-0.25, -0.2) is 0 Å². The van der Waals surface area contributed by atoms with Crippen LogP contribution in [-0.4, -0.2) is 6.04 Å². The lowest BCUT2D eigenvalue weighted by molar-refractivity contribution is 0.187. The highest BCUT2D eigenvalue weighted by molar-refractivity contribution is 5.34. The van der Waals surface area contributed by atoms with E-state index in [2.05, 4.69) is 24.3 Å². The van der Waals surface area contributed by atoms with Crippen molar-refractivity contribution >= 4 is 0 Å². The zero-order valence-corrected chi connectivity index (χ0v) is 9.21. The second kappa shape index (κ2) is 3.34. The van der Waals surface area contributed by atoms with Gasteiger partial charge in [-0.1, -0.05) is 24.3 Å². The van der Waals surface area contributed by atoms with Crippen LogP contribution in [0.2, 0.25) is 0 Å². The lowest BCUT2D eigenvalue weighted by Gasteiger charge is -2.36. The average Bonchev–Trinajstić information content (AvgIpc) is 2.61. The third kappa shape index (κ3) is 1.59. The van der Waals surface area contributed by atoms with E-state index in [1.54, 1.807) is 11.1 Å². The maximum Gasteiger partial charge on any atom is 0.00392 e. The molecule has 1 aromatic carbocycles. The maximum absolute atomic E-state index is 5.99. The molecule has 1 heteroatoms. The zero-order valence-electron chi connectivity index (χ0n) is 9.21. The Hall–Kier alpha value is -0.820. The number of benzene rings is 1. The molecule has 1 nitrogen and oxygen atoms in total. The van der Waals surface area contributed by atoms with Crippen LogP contribution in [0.25, 0.3) is 0 Å². The Morgan fingerprint density at radius 1 is 1.00 bits per heavy atom. The smallest absolute Gasteiger partial charge is 0.00392 e. The highest BCUT2D eigenvalue weighted by atomic mass is 14.6. The molecule has 80 valence electrons. The third-order valence-electron chi connectivity index (χ3n) is 4.34. The van der Waals surface area contributed by atoms with E-state index in [0.717, 1.165) is 0 Å². The molecule has 1 fully saturated rings. The molecule has 0 aliphatic heterocycles. The highest BCUT2D eigenvalue weighted by Crippen LogP contribution is 2.46. The van der Waals surface area contributed by atoms with E-state index in [9.17, 15) is 0 Å². The standard InChI is InChI=1S/C14H19N/c15-13-5-7-14(8-6-13)9-11-3-1-2-4-12(11)10-14/h1-4,13H,5-10,15H2. The van der Waals surface area contributed by atoms with Crippen molar-refractivity contribution in [3.63, 3.8) is 0 Å². The second-order valence-corrected chi connectivity index (χ2v) is 5.46. The van der Waals surface area contributed by atoms with Crippen LogP contribution in [-0.2, 0) is 12.8 Å². The first-order chi connectivity index (χ1) is 7.27. The molecule has 0 amide bonds. The van der Waals surface area contributed by atoms with Crippen molar-refractivity contribution in [3.8, 4) is 0 Å². The average molecular weight is 201 g/mol. The lowest BCUT2D eigenvalue weighted by Crippen LogP contribution is -2.34. The first-order valence-electron chi connectivity index (χ1n) is 6.10. The van der Waals surface area contributed by atoms with Crippen molar-refractivity contribution in [2.75, 3.05) is 0 Å². The topological polar surface area (TPSA) is 26.0 Å². The SMILES string of the molecule is NC1CCC2(CC1)Cc1ccccc1C2. The molecule has 0 aromatic heterocycles. The van der Waals surface area contributed by atoms with Crippen molar-refractivity contribution in [2.24, 2.45) is 11.1 Å². The van der Waals surface area contributed by atoms with E-state index in [4.69, 9.17) is 5.73 Å². The summed E-state index contributed by atoms with van der Waals surface area (Å²) < 4.78 is 0. The minimum absolute atomic E-state index is 0.472. The van der Waals surface area contributed by atoms with Crippen molar-refractivity contribution in [1.29, 1.82) is 0 Å². The summed E-state index contributed by atoms with van der Waals surface area (Å²) in [5, 5.41) is 0. The Balaban J connectivity index is 1.83. The number of nitrogens with two attached hydrogens (primary N) is 1. The third-order valence-corrected chi connectivity index (χ3v) is 4.34. The molecule has 1 spiro atoms. The number of fused-ring (bicyclic) bond motifs is 1. The summed E-state index contributed by atoms with van der Waals surface area (Å²) in [6.45, 7) is 0. The van der Waals surface area contributed by atoms with Gasteiger partial charge in [0.15, 0.2) is 0 Å². The van der Waals surface area contributed by atoms with Gasteiger partial charge in [0.25, 0.3) is 0 Å². The highest BCUT2D eigenvalue weighted by Gasteiger charge is 2.39. The summed E-state index contributed by atoms with van der Waals surface area (Å²) >= 11 is 0. The molecule has 3 rings (SSSR count). The molecule has 0 atom stereocenters. The van der Waals surface area contributed by atoms with E-state index >= 15 is 0 Å². The maximum atomic E-state index is 5.99. The van der Waals surface area contributed by atoms with E-state index in [-0.39, 0.29) is 0 Å². The first-order valence-corrected chi connectivity index (χ1v) is 6.10. The summed E-state index contributed by atoms with van der Waals surface area (Å²) in [4.78, 5) is 0. The van der Waals surface area contributed by atoms with Crippen LogP contribution in [0, 0.1) is 5.41 Å². The van der Waals surface area contributed by atoms with E-state index in [1.807, 2.05) is 0 Å². The molecule has 15 heavy (non-hydrogen) atoms. The molecule has 1 saturated carbocycles. The molecule has 0 radical (unpaired) electrons. The lowest BCUT2D eigenvalue weighted by atomic mass is 9.71. The predicted molar refractivity (Wildman–Crippen MR) is 62.7 cm³/mol. The fourth-order valence-electron chi connectivity index (χ4n) is 3.38. The monoisotopic (exact) mass is 201 g/mol. The molecule has 2 N–H and O–H groups in total. The Kier molecular flexibility index (Phi) is 2.10. The van der Waals surface area contributed by atoms with Crippen LogP contribution in [0.15, 0.2) is 24.3 Å². The van der Waals surface area contributed by atoms with Gasteiger partial charge in [0, 0.05) is 6.04 Å².